The van der Waals surface area contributed by atoms with Crippen LogP contribution in [-0.4, -0.2) is 48.3 Å². The number of likely N-dealkylation sites (N-methyl/N-ethyl adjacent to an activating group) is 1. The molecule has 0 aromatic rings. The number of nitrogens with zero attached hydrogens (tertiary/aromatic N) is 1. The largest absolute Gasteiger partial charge is 0.481 e. The van der Waals surface area contributed by atoms with Gasteiger partial charge >= 0.3 is 5.97 Å². The molecule has 3 aliphatic rings. The molecule has 1 aliphatic heterocycles. The molecule has 2 unspecified atom stereocenters. The first-order valence-corrected chi connectivity index (χ1v) is 8.14. The summed E-state index contributed by atoms with van der Waals surface area (Å²) < 4.78 is 5.41. The smallest absolute Gasteiger partial charge is 0.310 e. The Hall–Kier alpha value is -0.610. The summed E-state index contributed by atoms with van der Waals surface area (Å²) in [5.74, 6) is -1.05. The van der Waals surface area contributed by atoms with Gasteiger partial charge in [-0.1, -0.05) is 12.8 Å². The highest BCUT2D eigenvalue weighted by molar-refractivity contribution is 5.71. The van der Waals surface area contributed by atoms with Gasteiger partial charge in [-0.3, -0.25) is 9.69 Å². The van der Waals surface area contributed by atoms with E-state index in [0.717, 1.165) is 0 Å². The lowest BCUT2D eigenvalue weighted by atomic mass is 9.71. The van der Waals surface area contributed by atoms with Gasteiger partial charge < -0.3 is 9.84 Å². The van der Waals surface area contributed by atoms with Crippen molar-refractivity contribution in [2.24, 2.45) is 11.3 Å². The molecule has 1 saturated heterocycles. The Bertz CT molecular complexity index is 355. The third-order valence-corrected chi connectivity index (χ3v) is 6.15. The van der Waals surface area contributed by atoms with Gasteiger partial charge in [0.25, 0.3) is 0 Å². The van der Waals surface area contributed by atoms with Crippen molar-refractivity contribution in [1.29, 1.82) is 0 Å². The van der Waals surface area contributed by atoms with E-state index in [9.17, 15) is 9.90 Å². The van der Waals surface area contributed by atoms with Crippen LogP contribution in [0.15, 0.2) is 0 Å². The topological polar surface area (TPSA) is 49.8 Å². The van der Waals surface area contributed by atoms with E-state index < -0.39 is 5.97 Å². The first-order valence-electron chi connectivity index (χ1n) is 8.14. The second-order valence-corrected chi connectivity index (χ2v) is 7.15. The van der Waals surface area contributed by atoms with Crippen molar-refractivity contribution < 1.29 is 14.6 Å². The van der Waals surface area contributed by atoms with Crippen molar-refractivity contribution in [2.45, 2.75) is 63.5 Å². The van der Waals surface area contributed by atoms with Gasteiger partial charge in [-0.05, 0) is 51.0 Å². The van der Waals surface area contributed by atoms with Crippen LogP contribution in [0.4, 0.5) is 0 Å². The summed E-state index contributed by atoms with van der Waals surface area (Å²) in [6, 6.07) is 0.616. The van der Waals surface area contributed by atoms with Crippen LogP contribution < -0.4 is 0 Å². The monoisotopic (exact) mass is 281 g/mol. The molecule has 0 amide bonds. The number of rotatable bonds is 3. The van der Waals surface area contributed by atoms with Gasteiger partial charge in [0.15, 0.2) is 0 Å². The summed E-state index contributed by atoms with van der Waals surface area (Å²) >= 11 is 0. The summed E-state index contributed by atoms with van der Waals surface area (Å²) in [5.41, 5.74) is 0.649. The molecule has 0 aromatic heterocycles. The maximum absolute atomic E-state index is 11.3. The molecular weight excluding hydrogens is 254 g/mol. The molecule has 0 bridgehead atoms. The average Bonchev–Trinajstić information content (AvgIpc) is 3.08. The van der Waals surface area contributed by atoms with Crippen molar-refractivity contribution in [3.05, 3.63) is 0 Å². The van der Waals surface area contributed by atoms with Crippen LogP contribution in [0, 0.1) is 11.3 Å². The van der Waals surface area contributed by atoms with Crippen molar-refractivity contribution in [2.75, 3.05) is 20.3 Å². The SMILES string of the molecule is CN(C1CCC2(CCCC2)CC1)C1COCC1C(=O)O. The Morgan fingerprint density at radius 1 is 1.15 bits per heavy atom. The fourth-order valence-corrected chi connectivity index (χ4v) is 4.70. The minimum absolute atomic E-state index is 0.0649. The number of aliphatic carboxylic acids is 1. The van der Waals surface area contributed by atoms with Crippen LogP contribution in [0.3, 0.4) is 0 Å². The van der Waals surface area contributed by atoms with Crippen molar-refractivity contribution in [3.8, 4) is 0 Å². The fourth-order valence-electron chi connectivity index (χ4n) is 4.70. The van der Waals surface area contributed by atoms with E-state index in [0.29, 0.717) is 24.7 Å². The van der Waals surface area contributed by atoms with Crippen molar-refractivity contribution in [3.63, 3.8) is 0 Å². The minimum atomic E-state index is -0.706. The molecule has 4 nitrogen and oxygen atoms in total. The third-order valence-electron chi connectivity index (χ3n) is 6.15. The molecule has 1 spiro atoms. The van der Waals surface area contributed by atoms with E-state index in [1.165, 1.54) is 51.4 Å². The van der Waals surface area contributed by atoms with E-state index in [4.69, 9.17) is 4.74 Å². The quantitative estimate of drug-likeness (QED) is 0.863. The first-order chi connectivity index (χ1) is 9.61. The zero-order valence-corrected chi connectivity index (χ0v) is 12.5. The summed E-state index contributed by atoms with van der Waals surface area (Å²) in [4.78, 5) is 13.6. The predicted octanol–water partition coefficient (Wildman–Crippen LogP) is 2.52. The molecular formula is C16H27NO3. The highest BCUT2D eigenvalue weighted by Gasteiger charge is 2.42. The van der Waals surface area contributed by atoms with E-state index in [2.05, 4.69) is 11.9 Å². The minimum Gasteiger partial charge on any atom is -0.481 e. The van der Waals surface area contributed by atoms with Gasteiger partial charge in [0.2, 0.25) is 0 Å². The molecule has 0 aromatic carbocycles. The number of hydrogen-bond donors (Lipinski definition) is 1. The van der Waals surface area contributed by atoms with Crippen LogP contribution in [0.2, 0.25) is 0 Å². The maximum atomic E-state index is 11.3. The molecule has 1 heterocycles. The second kappa shape index (κ2) is 5.64. The van der Waals surface area contributed by atoms with Crippen molar-refractivity contribution >= 4 is 5.97 Å². The summed E-state index contributed by atoms with van der Waals surface area (Å²) in [7, 11) is 2.10. The molecule has 2 saturated carbocycles. The Kier molecular flexibility index (Phi) is 4.04. The number of hydrogen-bond acceptors (Lipinski definition) is 3. The Labute approximate surface area is 121 Å². The van der Waals surface area contributed by atoms with E-state index in [1.54, 1.807) is 0 Å². The summed E-state index contributed by atoms with van der Waals surface area (Å²) in [6.07, 6.45) is 10.8. The first kappa shape index (κ1) is 14.3. The Morgan fingerprint density at radius 2 is 1.80 bits per heavy atom. The second-order valence-electron chi connectivity index (χ2n) is 7.15. The fraction of sp³-hybridized carbons (Fsp3) is 0.938. The number of carboxylic acids is 1. The summed E-state index contributed by atoms with van der Waals surface area (Å²) in [6.45, 7) is 0.954. The molecule has 3 rings (SSSR count). The zero-order chi connectivity index (χ0) is 14.2. The normalized spacial score (nSPS) is 34.1. The molecule has 2 atom stereocenters. The summed E-state index contributed by atoms with van der Waals surface area (Å²) in [5, 5.41) is 9.29. The van der Waals surface area contributed by atoms with Gasteiger partial charge in [0, 0.05) is 12.1 Å². The molecule has 1 N–H and O–H groups in total. The molecule has 20 heavy (non-hydrogen) atoms. The lowest BCUT2D eigenvalue weighted by molar-refractivity contribution is -0.143. The number of ether oxygens (including phenoxy) is 1. The van der Waals surface area contributed by atoms with Crippen LogP contribution in [0.5, 0.6) is 0 Å². The molecule has 3 fully saturated rings. The Morgan fingerprint density at radius 3 is 2.40 bits per heavy atom. The third kappa shape index (κ3) is 2.60. The molecule has 2 aliphatic carbocycles. The lowest BCUT2D eigenvalue weighted by Gasteiger charge is -2.42. The molecule has 4 heteroatoms. The average molecular weight is 281 g/mol. The van der Waals surface area contributed by atoms with E-state index in [1.807, 2.05) is 0 Å². The number of carboxylic acid groups (broad SMARTS) is 1. The highest BCUT2D eigenvalue weighted by atomic mass is 16.5. The molecule has 114 valence electrons. The van der Waals surface area contributed by atoms with Gasteiger partial charge in [0.1, 0.15) is 0 Å². The van der Waals surface area contributed by atoms with Crippen molar-refractivity contribution in [1.82, 2.24) is 4.90 Å². The van der Waals surface area contributed by atoms with Gasteiger partial charge in [-0.15, -0.1) is 0 Å². The molecule has 0 radical (unpaired) electrons. The van der Waals surface area contributed by atoms with Gasteiger partial charge in [-0.2, -0.15) is 0 Å². The van der Waals surface area contributed by atoms with E-state index >= 15 is 0 Å². The predicted molar refractivity (Wildman–Crippen MR) is 76.7 cm³/mol. The van der Waals surface area contributed by atoms with Crippen LogP contribution in [0.25, 0.3) is 0 Å². The van der Waals surface area contributed by atoms with Crippen LogP contribution in [0.1, 0.15) is 51.4 Å². The highest BCUT2D eigenvalue weighted by Crippen LogP contribution is 2.49. The van der Waals surface area contributed by atoms with Crippen LogP contribution >= 0.6 is 0 Å². The zero-order valence-electron chi connectivity index (χ0n) is 12.5. The van der Waals surface area contributed by atoms with Gasteiger partial charge in [0.05, 0.1) is 19.1 Å². The van der Waals surface area contributed by atoms with Crippen LogP contribution in [-0.2, 0) is 9.53 Å². The lowest BCUT2D eigenvalue weighted by Crippen LogP contribution is -2.48. The van der Waals surface area contributed by atoms with Gasteiger partial charge in [-0.25, -0.2) is 0 Å². The van der Waals surface area contributed by atoms with E-state index in [-0.39, 0.29) is 12.0 Å². The number of carbonyl (C=O) groups is 1. The maximum Gasteiger partial charge on any atom is 0.310 e. The standard InChI is InChI=1S/C16H27NO3/c1-17(14-11-20-10-13(14)15(18)19)12-4-8-16(9-5-12)6-2-3-7-16/h12-14H,2-11H2,1H3,(H,18,19). The Balaban J connectivity index is 1.58.